The summed E-state index contributed by atoms with van der Waals surface area (Å²) in [5.74, 6) is 1.46. The number of rotatable bonds is 12. The van der Waals surface area contributed by atoms with E-state index in [0.29, 0.717) is 11.8 Å². The molecule has 35 heavy (non-hydrogen) atoms. The zero-order chi connectivity index (χ0) is 24.6. The van der Waals surface area contributed by atoms with Gasteiger partial charge in [-0.05, 0) is 79.0 Å². The molecular weight excluding hydrogens is 440 g/mol. The lowest BCUT2D eigenvalue weighted by Crippen LogP contribution is -2.28. The number of benzene rings is 2. The molecule has 2 aromatic rings. The van der Waals surface area contributed by atoms with E-state index >= 15 is 0 Å². The molecule has 2 aliphatic rings. The molecule has 0 radical (unpaired) electrons. The monoisotopic (exact) mass is 480 g/mol. The van der Waals surface area contributed by atoms with E-state index in [0.717, 1.165) is 68.2 Å². The number of unbranched alkanes of at least 4 members (excludes halogenated alkanes) is 2. The van der Waals surface area contributed by atoms with E-state index in [1.54, 1.807) is 0 Å². The van der Waals surface area contributed by atoms with E-state index in [1.807, 2.05) is 42.5 Å². The van der Waals surface area contributed by atoms with Crippen LogP contribution in [0.2, 0.25) is 0 Å². The Morgan fingerprint density at radius 3 is 2.69 bits per heavy atom. The van der Waals surface area contributed by atoms with Gasteiger partial charge in [0.2, 0.25) is 0 Å². The van der Waals surface area contributed by atoms with Crippen LogP contribution in [0.25, 0.3) is 0 Å². The van der Waals surface area contributed by atoms with Crippen LogP contribution in [-0.2, 0) is 29.0 Å². The maximum Gasteiger partial charge on any atom is 0.344 e. The number of fused-ring (bicyclic) bond motifs is 2. The first-order valence-electron chi connectivity index (χ1n) is 13.3. The molecule has 2 aromatic carbocycles. The summed E-state index contributed by atoms with van der Waals surface area (Å²) in [5, 5.41) is 21.2. The average molecular weight is 481 g/mol. The molecule has 2 N–H and O–H groups in total. The van der Waals surface area contributed by atoms with Crippen LogP contribution in [-0.4, -0.2) is 35.0 Å². The van der Waals surface area contributed by atoms with Crippen molar-refractivity contribution in [1.82, 2.24) is 0 Å². The smallest absolute Gasteiger partial charge is 0.344 e. The van der Waals surface area contributed by atoms with Gasteiger partial charge in [0, 0.05) is 0 Å². The molecular formula is C30H40O5. The minimum atomic E-state index is -0.381. The highest BCUT2D eigenvalue weighted by molar-refractivity contribution is 5.71. The molecule has 0 bridgehead atoms. The molecule has 0 aliphatic heterocycles. The zero-order valence-electron chi connectivity index (χ0n) is 20.9. The SMILES string of the molecule is CCCCC[C@@H](O)CC[C@@H]1C2Cc3cccc(OCC(=O)OCc4ccccc4)c3CC2C[C@H]1O. The van der Waals surface area contributed by atoms with Crippen molar-refractivity contribution in [1.29, 1.82) is 0 Å². The van der Waals surface area contributed by atoms with Crippen LogP contribution in [0.1, 0.15) is 68.6 Å². The molecule has 2 unspecified atom stereocenters. The summed E-state index contributed by atoms with van der Waals surface area (Å²) in [7, 11) is 0. The van der Waals surface area contributed by atoms with Gasteiger partial charge in [0.25, 0.3) is 0 Å². The van der Waals surface area contributed by atoms with Crippen LogP contribution in [0.15, 0.2) is 48.5 Å². The van der Waals surface area contributed by atoms with Crippen molar-refractivity contribution in [3.63, 3.8) is 0 Å². The number of carbonyl (C=O) groups excluding carboxylic acids is 1. The van der Waals surface area contributed by atoms with E-state index in [9.17, 15) is 15.0 Å². The molecule has 0 aromatic heterocycles. The van der Waals surface area contributed by atoms with E-state index < -0.39 is 0 Å². The Labute approximate surface area is 209 Å². The largest absolute Gasteiger partial charge is 0.482 e. The van der Waals surface area contributed by atoms with Gasteiger partial charge in [-0.3, -0.25) is 0 Å². The van der Waals surface area contributed by atoms with Gasteiger partial charge >= 0.3 is 5.97 Å². The molecule has 0 saturated heterocycles. The fourth-order valence-electron chi connectivity index (χ4n) is 6.01. The third-order valence-electron chi connectivity index (χ3n) is 7.91. The van der Waals surface area contributed by atoms with Crippen molar-refractivity contribution in [3.8, 4) is 5.75 Å². The summed E-state index contributed by atoms with van der Waals surface area (Å²) in [6.45, 7) is 2.31. The maximum atomic E-state index is 12.2. The number of ether oxygens (including phenoxy) is 2. The fraction of sp³-hybridized carbons (Fsp3) is 0.567. The second kappa shape index (κ2) is 12.5. The van der Waals surface area contributed by atoms with Gasteiger partial charge in [0.05, 0.1) is 12.2 Å². The van der Waals surface area contributed by atoms with Crippen LogP contribution in [0.5, 0.6) is 5.75 Å². The molecule has 5 nitrogen and oxygen atoms in total. The van der Waals surface area contributed by atoms with Crippen molar-refractivity contribution >= 4 is 5.97 Å². The van der Waals surface area contributed by atoms with Gasteiger partial charge in [-0.2, -0.15) is 0 Å². The van der Waals surface area contributed by atoms with Crippen molar-refractivity contribution < 1.29 is 24.5 Å². The van der Waals surface area contributed by atoms with Gasteiger partial charge in [-0.15, -0.1) is 0 Å². The Balaban J connectivity index is 1.31. The van der Waals surface area contributed by atoms with Crippen molar-refractivity contribution in [2.24, 2.45) is 17.8 Å². The standard InChI is InChI=1S/C30H40O5/c1-2-3-5-12-24(31)14-15-25-26-16-22-11-8-13-29(27(22)17-23(26)18-28(25)32)34-20-30(33)35-19-21-9-6-4-7-10-21/h4,6-11,13,23-26,28,31-32H,2-3,5,12,14-20H2,1H3/t23?,24-,25-,26?,28-/m1/s1. The molecule has 4 rings (SSSR count). The van der Waals surface area contributed by atoms with Crippen LogP contribution < -0.4 is 4.74 Å². The number of esters is 1. The predicted molar refractivity (Wildman–Crippen MR) is 136 cm³/mol. The summed E-state index contributed by atoms with van der Waals surface area (Å²) in [4.78, 5) is 12.2. The summed E-state index contributed by atoms with van der Waals surface area (Å²) in [6.07, 6.45) is 7.94. The Kier molecular flexibility index (Phi) is 9.22. The summed E-state index contributed by atoms with van der Waals surface area (Å²) in [6, 6.07) is 15.7. The van der Waals surface area contributed by atoms with Crippen LogP contribution in [0.3, 0.4) is 0 Å². The molecule has 5 atom stereocenters. The van der Waals surface area contributed by atoms with Gasteiger partial charge < -0.3 is 19.7 Å². The number of carbonyl (C=O) groups is 1. The molecule has 0 spiro atoms. The van der Waals surface area contributed by atoms with E-state index in [-0.39, 0.29) is 37.3 Å². The third kappa shape index (κ3) is 6.86. The normalized spacial score (nSPS) is 23.9. The van der Waals surface area contributed by atoms with Crippen molar-refractivity contribution in [2.45, 2.75) is 83.5 Å². The summed E-state index contributed by atoms with van der Waals surface area (Å²) < 4.78 is 11.3. The van der Waals surface area contributed by atoms with Crippen LogP contribution in [0, 0.1) is 17.8 Å². The second-order valence-electron chi connectivity index (χ2n) is 10.4. The lowest BCUT2D eigenvalue weighted by atomic mass is 9.73. The summed E-state index contributed by atoms with van der Waals surface area (Å²) >= 11 is 0. The van der Waals surface area contributed by atoms with Crippen molar-refractivity contribution in [2.75, 3.05) is 6.61 Å². The fourth-order valence-corrected chi connectivity index (χ4v) is 6.01. The van der Waals surface area contributed by atoms with Gasteiger partial charge in [0.15, 0.2) is 6.61 Å². The maximum absolute atomic E-state index is 12.2. The first-order valence-corrected chi connectivity index (χ1v) is 13.3. The molecule has 190 valence electrons. The second-order valence-corrected chi connectivity index (χ2v) is 10.4. The average Bonchev–Trinajstić information content (AvgIpc) is 3.18. The molecule has 0 amide bonds. The zero-order valence-corrected chi connectivity index (χ0v) is 20.9. The van der Waals surface area contributed by atoms with Gasteiger partial charge in [-0.25, -0.2) is 4.79 Å². The summed E-state index contributed by atoms with van der Waals surface area (Å²) in [5.41, 5.74) is 3.37. The quantitative estimate of drug-likeness (QED) is 0.321. The van der Waals surface area contributed by atoms with Gasteiger partial charge in [0.1, 0.15) is 12.4 Å². The Bertz CT molecular complexity index is 943. The van der Waals surface area contributed by atoms with E-state index in [2.05, 4.69) is 13.0 Å². The lowest BCUT2D eigenvalue weighted by Gasteiger charge is -2.32. The molecule has 1 saturated carbocycles. The van der Waals surface area contributed by atoms with E-state index in [1.165, 1.54) is 12.0 Å². The molecule has 5 heteroatoms. The Morgan fingerprint density at radius 1 is 1.06 bits per heavy atom. The first-order chi connectivity index (χ1) is 17.0. The highest BCUT2D eigenvalue weighted by Crippen LogP contribution is 2.48. The van der Waals surface area contributed by atoms with Crippen molar-refractivity contribution in [3.05, 3.63) is 65.2 Å². The predicted octanol–water partition coefficient (Wildman–Crippen LogP) is 5.24. The molecule has 1 fully saturated rings. The Morgan fingerprint density at radius 2 is 1.89 bits per heavy atom. The topological polar surface area (TPSA) is 76.0 Å². The minimum Gasteiger partial charge on any atom is -0.482 e. The first kappa shape index (κ1) is 25.7. The van der Waals surface area contributed by atoms with Crippen LogP contribution >= 0.6 is 0 Å². The number of hydrogen-bond donors (Lipinski definition) is 2. The number of aliphatic hydroxyl groups excluding tert-OH is 2. The number of hydrogen-bond acceptors (Lipinski definition) is 5. The van der Waals surface area contributed by atoms with E-state index in [4.69, 9.17) is 9.47 Å². The lowest BCUT2D eigenvalue weighted by molar-refractivity contribution is -0.147. The van der Waals surface area contributed by atoms with Crippen LogP contribution in [0.4, 0.5) is 0 Å². The highest BCUT2D eigenvalue weighted by atomic mass is 16.6. The number of aliphatic hydroxyl groups is 2. The van der Waals surface area contributed by atoms with Gasteiger partial charge in [-0.1, -0.05) is 68.7 Å². The third-order valence-corrected chi connectivity index (χ3v) is 7.91. The molecule has 0 heterocycles. The Hall–Kier alpha value is -2.37. The highest BCUT2D eigenvalue weighted by Gasteiger charge is 2.44. The minimum absolute atomic E-state index is 0.113. The molecule has 2 aliphatic carbocycles.